The Morgan fingerprint density at radius 3 is 2.07 bits per heavy atom. The number of benzene rings is 3. The van der Waals surface area contributed by atoms with Gasteiger partial charge in [0.2, 0.25) is 21.8 Å². The van der Waals surface area contributed by atoms with E-state index in [1.54, 1.807) is 48.5 Å². The van der Waals surface area contributed by atoms with Crippen LogP contribution in [0.15, 0.2) is 114 Å². The zero-order chi connectivity index (χ0) is 29.1. The third-order valence-corrected chi connectivity index (χ3v) is 8.16. The molecule has 8 nitrogen and oxygen atoms in total. The molecule has 4 rings (SSSR count). The molecule has 9 heteroatoms. The summed E-state index contributed by atoms with van der Waals surface area (Å²) in [6, 6.07) is 28.2. The Balaban J connectivity index is 1.58. The van der Waals surface area contributed by atoms with Crippen molar-refractivity contribution in [1.82, 2.24) is 19.9 Å². The SMILES string of the molecule is CCNS(=O)(=O)c1ccc(CCC(=O)N(Cc2ccccc2)C(C(=O)NCc2ccncc2)c2ccccc2)cc1. The maximum atomic E-state index is 13.9. The third-order valence-electron chi connectivity index (χ3n) is 6.60. The van der Waals surface area contributed by atoms with Gasteiger partial charge in [0.25, 0.3) is 0 Å². The minimum absolute atomic E-state index is 0.146. The van der Waals surface area contributed by atoms with Crippen LogP contribution in [0.1, 0.15) is 41.6 Å². The van der Waals surface area contributed by atoms with E-state index in [1.807, 2.05) is 72.8 Å². The van der Waals surface area contributed by atoms with Gasteiger partial charge in [-0.1, -0.05) is 79.7 Å². The molecule has 212 valence electrons. The van der Waals surface area contributed by atoms with E-state index in [-0.39, 0.29) is 29.7 Å². The minimum atomic E-state index is -3.56. The summed E-state index contributed by atoms with van der Waals surface area (Å²) in [6.07, 6.45) is 3.88. The number of sulfonamides is 1. The van der Waals surface area contributed by atoms with Crippen LogP contribution in [0, 0.1) is 0 Å². The first-order valence-corrected chi connectivity index (χ1v) is 15.0. The predicted octanol–water partition coefficient (Wildman–Crippen LogP) is 4.40. The lowest BCUT2D eigenvalue weighted by Gasteiger charge is -2.32. The fourth-order valence-electron chi connectivity index (χ4n) is 4.50. The van der Waals surface area contributed by atoms with E-state index in [2.05, 4.69) is 15.0 Å². The van der Waals surface area contributed by atoms with Crippen molar-refractivity contribution in [3.05, 3.63) is 132 Å². The molecule has 1 heterocycles. The number of aryl methyl sites for hydroxylation is 1. The van der Waals surface area contributed by atoms with Gasteiger partial charge in [0.15, 0.2) is 0 Å². The maximum Gasteiger partial charge on any atom is 0.247 e. The first kappa shape index (κ1) is 29.6. The van der Waals surface area contributed by atoms with Crippen molar-refractivity contribution in [2.24, 2.45) is 0 Å². The number of carbonyl (C=O) groups excluding carboxylic acids is 2. The summed E-state index contributed by atoms with van der Waals surface area (Å²) < 4.78 is 27.0. The average molecular weight is 571 g/mol. The Hall–Kier alpha value is -4.34. The lowest BCUT2D eigenvalue weighted by Crippen LogP contribution is -2.43. The molecule has 0 radical (unpaired) electrons. The van der Waals surface area contributed by atoms with E-state index >= 15 is 0 Å². The highest BCUT2D eigenvalue weighted by Crippen LogP contribution is 2.25. The number of hydrogen-bond donors (Lipinski definition) is 2. The highest BCUT2D eigenvalue weighted by atomic mass is 32.2. The van der Waals surface area contributed by atoms with E-state index in [4.69, 9.17) is 0 Å². The molecule has 2 amide bonds. The number of rotatable bonds is 13. The van der Waals surface area contributed by atoms with Gasteiger partial charge in [0.1, 0.15) is 6.04 Å². The predicted molar refractivity (Wildman–Crippen MR) is 158 cm³/mol. The van der Waals surface area contributed by atoms with Crippen LogP contribution in [0.2, 0.25) is 0 Å². The molecule has 1 atom stereocenters. The zero-order valence-electron chi connectivity index (χ0n) is 22.9. The molecule has 41 heavy (non-hydrogen) atoms. The first-order valence-electron chi connectivity index (χ1n) is 13.5. The average Bonchev–Trinajstić information content (AvgIpc) is 3.00. The smallest absolute Gasteiger partial charge is 0.247 e. The topological polar surface area (TPSA) is 108 Å². The molecule has 1 aromatic heterocycles. The monoisotopic (exact) mass is 570 g/mol. The number of carbonyl (C=O) groups is 2. The Bertz CT molecular complexity index is 1510. The molecular formula is C32H34N4O4S. The molecule has 0 aliphatic heterocycles. The summed E-state index contributed by atoms with van der Waals surface area (Å²) in [7, 11) is -3.56. The summed E-state index contributed by atoms with van der Waals surface area (Å²) >= 11 is 0. The van der Waals surface area contributed by atoms with Crippen LogP contribution >= 0.6 is 0 Å². The van der Waals surface area contributed by atoms with Gasteiger partial charge in [-0.15, -0.1) is 0 Å². The number of hydrogen-bond acceptors (Lipinski definition) is 5. The molecule has 0 aliphatic rings. The summed E-state index contributed by atoms with van der Waals surface area (Å²) in [5.74, 6) is -0.471. The zero-order valence-corrected chi connectivity index (χ0v) is 23.8. The second-order valence-corrected chi connectivity index (χ2v) is 11.3. The van der Waals surface area contributed by atoms with Crippen LogP contribution in [-0.4, -0.2) is 36.7 Å². The molecule has 4 aromatic rings. The minimum Gasteiger partial charge on any atom is -0.350 e. The lowest BCUT2D eigenvalue weighted by atomic mass is 10.0. The standard InChI is InChI=1S/C32H34N4O4S/c1-2-35-41(39,40)29-16-13-25(14-17-29)15-18-30(37)36(24-27-9-5-3-6-10-27)31(28-11-7-4-8-12-28)32(38)34-23-26-19-21-33-22-20-26/h3-14,16-17,19-22,31,35H,2,15,18,23-24H2,1H3,(H,34,38). The van der Waals surface area contributed by atoms with Crippen molar-refractivity contribution in [3.8, 4) is 0 Å². The molecule has 0 saturated carbocycles. The van der Waals surface area contributed by atoms with Crippen molar-refractivity contribution in [2.75, 3.05) is 6.54 Å². The van der Waals surface area contributed by atoms with Crippen molar-refractivity contribution in [3.63, 3.8) is 0 Å². The summed E-state index contributed by atoms with van der Waals surface area (Å²) in [4.78, 5) is 33.4. The van der Waals surface area contributed by atoms with Crippen molar-refractivity contribution < 1.29 is 18.0 Å². The van der Waals surface area contributed by atoms with Crippen molar-refractivity contribution in [2.45, 2.75) is 43.8 Å². The van der Waals surface area contributed by atoms with Crippen molar-refractivity contribution >= 4 is 21.8 Å². The molecule has 2 N–H and O–H groups in total. The quantitative estimate of drug-likeness (QED) is 0.248. The largest absolute Gasteiger partial charge is 0.350 e. The molecule has 0 aliphatic carbocycles. The van der Waals surface area contributed by atoms with E-state index in [0.29, 0.717) is 25.1 Å². The van der Waals surface area contributed by atoms with Crippen LogP contribution in [0.25, 0.3) is 0 Å². The van der Waals surface area contributed by atoms with Crippen LogP contribution in [0.4, 0.5) is 0 Å². The Kier molecular flexibility index (Phi) is 10.4. The molecular weight excluding hydrogens is 536 g/mol. The van der Waals surface area contributed by atoms with E-state index < -0.39 is 16.1 Å². The lowest BCUT2D eigenvalue weighted by molar-refractivity contribution is -0.141. The molecule has 0 spiro atoms. The molecule has 0 saturated heterocycles. The third kappa shape index (κ3) is 8.33. The van der Waals surface area contributed by atoms with Crippen molar-refractivity contribution in [1.29, 1.82) is 0 Å². The van der Waals surface area contributed by atoms with Crippen LogP contribution in [-0.2, 0) is 39.1 Å². The van der Waals surface area contributed by atoms with E-state index in [0.717, 1.165) is 16.7 Å². The number of pyridine rings is 1. The second-order valence-electron chi connectivity index (χ2n) is 9.54. The van der Waals surface area contributed by atoms with E-state index in [9.17, 15) is 18.0 Å². The summed E-state index contributed by atoms with van der Waals surface area (Å²) in [5, 5.41) is 3.00. The number of aromatic nitrogens is 1. The van der Waals surface area contributed by atoms with Gasteiger partial charge in [-0.25, -0.2) is 13.1 Å². The summed E-state index contributed by atoms with van der Waals surface area (Å²) in [5.41, 5.74) is 3.34. The van der Waals surface area contributed by atoms with Gasteiger partial charge in [0.05, 0.1) is 4.90 Å². The summed E-state index contributed by atoms with van der Waals surface area (Å²) in [6.45, 7) is 2.58. The number of nitrogens with zero attached hydrogens (tertiary/aromatic N) is 2. The highest BCUT2D eigenvalue weighted by Gasteiger charge is 2.31. The molecule has 3 aromatic carbocycles. The van der Waals surface area contributed by atoms with Gasteiger partial charge in [-0.3, -0.25) is 14.6 Å². The molecule has 1 unspecified atom stereocenters. The first-order chi connectivity index (χ1) is 19.9. The molecule has 0 bridgehead atoms. The van der Waals surface area contributed by atoms with Gasteiger partial charge in [-0.05, 0) is 52.9 Å². The van der Waals surface area contributed by atoms with E-state index in [1.165, 1.54) is 0 Å². The second kappa shape index (κ2) is 14.3. The fourth-order valence-corrected chi connectivity index (χ4v) is 5.54. The van der Waals surface area contributed by atoms with Gasteiger partial charge in [0, 0.05) is 38.4 Å². The number of nitrogens with one attached hydrogen (secondary N) is 2. The normalized spacial score (nSPS) is 11.9. The molecule has 0 fully saturated rings. The Labute approximate surface area is 241 Å². The van der Waals surface area contributed by atoms with Gasteiger partial charge >= 0.3 is 0 Å². The number of amides is 2. The van der Waals surface area contributed by atoms with Crippen LogP contribution in [0.5, 0.6) is 0 Å². The van der Waals surface area contributed by atoms with Gasteiger partial charge < -0.3 is 10.2 Å². The fraction of sp³-hybridized carbons (Fsp3) is 0.219. The maximum absolute atomic E-state index is 13.9. The van der Waals surface area contributed by atoms with Gasteiger partial charge in [-0.2, -0.15) is 0 Å². The van der Waals surface area contributed by atoms with Crippen LogP contribution < -0.4 is 10.0 Å². The highest BCUT2D eigenvalue weighted by molar-refractivity contribution is 7.89. The Morgan fingerprint density at radius 2 is 1.44 bits per heavy atom. The van der Waals surface area contributed by atoms with Crippen LogP contribution in [0.3, 0.4) is 0 Å². The Morgan fingerprint density at radius 1 is 0.805 bits per heavy atom.